The Hall–Kier alpha value is -3.61. The van der Waals surface area contributed by atoms with Crippen LogP contribution in [0.5, 0.6) is 0 Å². The molecule has 72 heavy (non-hydrogen) atoms. The number of amides is 4. The highest BCUT2D eigenvalue weighted by Crippen LogP contribution is 2.34. The van der Waals surface area contributed by atoms with E-state index in [1.54, 1.807) is 69.1 Å². The van der Waals surface area contributed by atoms with Crippen LogP contribution in [0.25, 0.3) is 0 Å². The fraction of sp³-hybridized carbons (Fsp3) is 0.727. The Labute approximate surface area is 440 Å². The number of ketones is 3. The maximum atomic E-state index is 14.5. The number of hydrogen-bond donors (Lipinski definition) is 3. The third kappa shape index (κ3) is 17.8. The van der Waals surface area contributed by atoms with Crippen LogP contribution >= 0.6 is 23.5 Å². The van der Waals surface area contributed by atoms with Crippen LogP contribution in [0.4, 0.5) is 5.69 Å². The lowest BCUT2D eigenvalue weighted by atomic mass is 9.83. The molecule has 2 aliphatic rings. The largest absolute Gasteiger partial charge is 0.388 e. The van der Waals surface area contributed by atoms with Gasteiger partial charge in [-0.15, -0.1) is 23.5 Å². The first-order valence-corrected chi connectivity index (χ1v) is 28.1. The van der Waals surface area contributed by atoms with Crippen molar-refractivity contribution in [2.24, 2.45) is 41.4 Å². The number of nitrogens with zero attached hydrogens (tertiary/aromatic N) is 3. The number of likely N-dealkylation sites (N-methyl/N-ethyl adjacent to an activating group) is 2. The Morgan fingerprint density at radius 2 is 1.51 bits per heavy atom. The number of likely N-dealkylation sites (tertiary alicyclic amines) is 1. The SMILES string of the molecule is CCC(C)[C@@H](C(CC(=O)N1CCC[C@H]1[C@H](OC)[C@@H](C)C(=O)C[C@H](C)[C@@H](O)c1ccc(NC(=O)C(C)CC(=O)CCCNC(=O)C2=CSCS2)cc1)OC)N(C)C(=O)[C@@H](CC(=O)[C@H](C(C)C)[N+](C)(C)C)C(C)C. The quantitative estimate of drug-likeness (QED) is 0.0483. The van der Waals surface area contributed by atoms with Gasteiger partial charge in [0.15, 0.2) is 5.78 Å². The number of aliphatic hydroxyl groups excluding tert-OH is 1. The number of aliphatic hydroxyl groups is 1. The van der Waals surface area contributed by atoms with Gasteiger partial charge in [0.05, 0.1) is 62.9 Å². The van der Waals surface area contributed by atoms with Gasteiger partial charge in [0.2, 0.25) is 17.7 Å². The van der Waals surface area contributed by atoms with E-state index in [-0.39, 0.29) is 103 Å². The highest BCUT2D eigenvalue weighted by molar-refractivity contribution is 8.22. The van der Waals surface area contributed by atoms with E-state index in [1.807, 2.05) is 73.0 Å². The summed E-state index contributed by atoms with van der Waals surface area (Å²) >= 11 is 3.07. The number of rotatable bonds is 31. The highest BCUT2D eigenvalue weighted by Gasteiger charge is 2.44. The van der Waals surface area contributed by atoms with Gasteiger partial charge < -0.3 is 39.5 Å². The molecular weight excluding hydrogens is 955 g/mol. The Balaban J connectivity index is 1.61. The number of carbonyl (C=O) groups is 7. The summed E-state index contributed by atoms with van der Waals surface area (Å²) in [7, 11) is 10.9. The first kappa shape index (κ1) is 62.7. The number of ether oxygens (including phenoxy) is 2. The van der Waals surface area contributed by atoms with E-state index in [9.17, 15) is 38.7 Å². The van der Waals surface area contributed by atoms with Crippen molar-refractivity contribution in [3.8, 4) is 0 Å². The number of thioether (sulfide) groups is 2. The van der Waals surface area contributed by atoms with Gasteiger partial charge in [-0.25, -0.2) is 0 Å². The zero-order chi connectivity index (χ0) is 54.2. The molecule has 0 radical (unpaired) electrons. The standard InChI is InChI=1S/C55H89N5O10S2/c1-16-35(6)49(58(10)55(68)42(33(2)3)29-45(63)50(34(4)5)60(11,12)13)46(69-14)30-48(64)59-26-18-20-43(59)52(70-15)38(9)44(62)28-36(7)51(65)39-21-23-40(24-22-39)57-53(66)37(8)27-41(61)19-17-25-56-54(67)47-31-71-32-72-47/h21-24,31,33-38,42-43,46,49-52,65H,16-20,25-30,32H2,1-15H3,(H-,56,57,66,67)/p+1/t35?,36-,37?,38-,42-,43-,46?,49-,50-,51+,52+/m0/s1. The minimum absolute atomic E-state index is 0.0198. The van der Waals surface area contributed by atoms with Crippen molar-refractivity contribution >= 4 is 70.2 Å². The first-order valence-electron chi connectivity index (χ1n) is 26.1. The van der Waals surface area contributed by atoms with Crippen molar-refractivity contribution in [2.75, 3.05) is 65.9 Å². The van der Waals surface area contributed by atoms with Crippen LogP contribution < -0.4 is 10.6 Å². The molecule has 3 unspecified atom stereocenters. The lowest BCUT2D eigenvalue weighted by Crippen LogP contribution is -2.55. The molecule has 2 aliphatic heterocycles. The van der Waals surface area contributed by atoms with E-state index in [2.05, 4.69) is 24.5 Å². The second-order valence-corrected chi connectivity index (χ2v) is 24.3. The average molecular weight is 1050 g/mol. The highest BCUT2D eigenvalue weighted by atomic mass is 32.2. The van der Waals surface area contributed by atoms with Crippen molar-refractivity contribution in [3.05, 3.63) is 40.1 Å². The molecule has 3 N–H and O–H groups in total. The van der Waals surface area contributed by atoms with E-state index >= 15 is 0 Å². The molecule has 0 aliphatic carbocycles. The van der Waals surface area contributed by atoms with Crippen LogP contribution in [-0.2, 0) is 43.0 Å². The fourth-order valence-corrected chi connectivity index (χ4v) is 12.7. The van der Waals surface area contributed by atoms with E-state index in [0.29, 0.717) is 46.6 Å². The molecule has 0 aromatic heterocycles. The van der Waals surface area contributed by atoms with Gasteiger partial charge in [-0.3, -0.25) is 33.6 Å². The number of hydrogen-bond acceptors (Lipinski definition) is 12. The minimum Gasteiger partial charge on any atom is -0.388 e. The van der Waals surface area contributed by atoms with Crippen LogP contribution in [0.15, 0.2) is 34.6 Å². The van der Waals surface area contributed by atoms with E-state index in [0.717, 1.165) is 17.9 Å². The third-order valence-corrected chi connectivity index (χ3v) is 17.1. The molecule has 0 saturated carbocycles. The monoisotopic (exact) mass is 1040 g/mol. The van der Waals surface area contributed by atoms with Gasteiger partial charge >= 0.3 is 0 Å². The molecule has 1 saturated heterocycles. The molecule has 11 atom stereocenters. The molecule has 1 fully saturated rings. The maximum Gasteiger partial charge on any atom is 0.258 e. The summed E-state index contributed by atoms with van der Waals surface area (Å²) in [6.45, 7) is 18.4. The zero-order valence-corrected chi connectivity index (χ0v) is 47.8. The molecule has 0 bridgehead atoms. The van der Waals surface area contributed by atoms with Crippen LogP contribution in [-0.4, -0.2) is 151 Å². The van der Waals surface area contributed by atoms with Gasteiger partial charge in [-0.2, -0.15) is 0 Å². The first-order chi connectivity index (χ1) is 33.8. The average Bonchev–Trinajstić information content (AvgIpc) is 4.05. The number of Topliss-reactive ketones (excluding diaryl/α,β-unsaturated/α-hetero) is 3. The molecular formula is C55H90N5O10S2+. The van der Waals surface area contributed by atoms with Gasteiger partial charge in [-0.05, 0) is 60.1 Å². The number of anilines is 1. The number of benzene rings is 1. The van der Waals surface area contributed by atoms with Crippen molar-refractivity contribution < 1.29 is 52.6 Å². The summed E-state index contributed by atoms with van der Waals surface area (Å²) in [4.78, 5) is 98.6. The number of quaternary nitrogens is 1. The summed E-state index contributed by atoms with van der Waals surface area (Å²) in [5.41, 5.74) is 1.09. The normalized spacial score (nSPS) is 19.3. The smallest absolute Gasteiger partial charge is 0.258 e. The summed E-state index contributed by atoms with van der Waals surface area (Å²) < 4.78 is 12.6. The molecule has 3 rings (SSSR count). The predicted molar refractivity (Wildman–Crippen MR) is 289 cm³/mol. The molecule has 1 aromatic rings. The van der Waals surface area contributed by atoms with Crippen molar-refractivity contribution in [1.29, 1.82) is 0 Å². The molecule has 1 aromatic carbocycles. The number of carbonyl (C=O) groups excluding carboxylic acids is 7. The zero-order valence-electron chi connectivity index (χ0n) is 46.2. The van der Waals surface area contributed by atoms with Crippen molar-refractivity contribution in [1.82, 2.24) is 15.1 Å². The van der Waals surface area contributed by atoms with Crippen molar-refractivity contribution in [3.63, 3.8) is 0 Å². The molecule has 15 nitrogen and oxygen atoms in total. The van der Waals surface area contributed by atoms with E-state index in [1.165, 1.54) is 11.8 Å². The second-order valence-electron chi connectivity index (χ2n) is 22.0. The Morgan fingerprint density at radius 3 is 2.06 bits per heavy atom. The Morgan fingerprint density at radius 1 is 0.861 bits per heavy atom. The lowest BCUT2D eigenvalue weighted by molar-refractivity contribution is -0.889. The van der Waals surface area contributed by atoms with Crippen LogP contribution in [0.2, 0.25) is 0 Å². The molecule has 4 amide bonds. The van der Waals surface area contributed by atoms with Crippen LogP contribution in [0, 0.1) is 41.4 Å². The van der Waals surface area contributed by atoms with Gasteiger partial charge in [0, 0.05) is 94.5 Å². The van der Waals surface area contributed by atoms with E-state index in [4.69, 9.17) is 9.47 Å². The van der Waals surface area contributed by atoms with Gasteiger partial charge in [0.25, 0.3) is 5.91 Å². The lowest BCUT2D eigenvalue weighted by Gasteiger charge is -2.41. The molecule has 2 heterocycles. The summed E-state index contributed by atoms with van der Waals surface area (Å²) in [6.07, 6.45) is 0.966. The topological polar surface area (TPSA) is 189 Å². The summed E-state index contributed by atoms with van der Waals surface area (Å²) in [5, 5.41) is 19.7. The van der Waals surface area contributed by atoms with Gasteiger partial charge in [-0.1, -0.05) is 80.9 Å². The van der Waals surface area contributed by atoms with Crippen molar-refractivity contribution in [2.45, 2.75) is 157 Å². The van der Waals surface area contributed by atoms with Crippen LogP contribution in [0.1, 0.15) is 132 Å². The van der Waals surface area contributed by atoms with Crippen LogP contribution in [0.3, 0.4) is 0 Å². The fourth-order valence-electron chi connectivity index (χ4n) is 10.7. The Bertz CT molecular complexity index is 2010. The Kier molecular flexibility index (Phi) is 25.7. The number of nitrogens with one attached hydrogen (secondary N) is 2. The molecule has 17 heteroatoms. The third-order valence-electron chi connectivity index (χ3n) is 14.9. The summed E-state index contributed by atoms with van der Waals surface area (Å²) in [5.74, 6) is -2.96. The molecule has 0 spiro atoms. The summed E-state index contributed by atoms with van der Waals surface area (Å²) in [6, 6.07) is 5.72. The van der Waals surface area contributed by atoms with Gasteiger partial charge in [0.1, 0.15) is 17.6 Å². The predicted octanol–water partition coefficient (Wildman–Crippen LogP) is 7.91. The number of methoxy groups -OCH3 is 2. The second kappa shape index (κ2) is 29.5. The minimum atomic E-state index is -0.976. The van der Waals surface area contributed by atoms with E-state index < -0.39 is 48.0 Å². The maximum absolute atomic E-state index is 14.5. The molecule has 406 valence electrons.